The lowest BCUT2D eigenvalue weighted by Crippen LogP contribution is -2.50. The van der Waals surface area contributed by atoms with Gasteiger partial charge in [0.25, 0.3) is 11.5 Å². The number of imidazole rings is 1. The number of rotatable bonds is 10. The Kier molecular flexibility index (Phi) is 8.93. The van der Waals surface area contributed by atoms with Crippen LogP contribution in [-0.2, 0) is 29.2 Å². The molecule has 0 spiro atoms. The van der Waals surface area contributed by atoms with Crippen molar-refractivity contribution < 1.29 is 9.53 Å². The molecule has 2 heterocycles. The van der Waals surface area contributed by atoms with Gasteiger partial charge in [-0.05, 0) is 24.2 Å². The quantitative estimate of drug-likeness (QED) is 0.213. The third-order valence-electron chi connectivity index (χ3n) is 5.14. The molecule has 0 saturated carbocycles. The van der Waals surface area contributed by atoms with Crippen LogP contribution in [0.4, 0.5) is 0 Å². The molecule has 3 rings (SSSR count). The van der Waals surface area contributed by atoms with Gasteiger partial charge in [-0.25, -0.2) is 14.3 Å². The summed E-state index contributed by atoms with van der Waals surface area (Å²) in [6, 6.07) is 9.35. The van der Waals surface area contributed by atoms with Crippen LogP contribution >= 0.6 is 12.2 Å². The predicted molar refractivity (Wildman–Crippen MR) is 132 cm³/mol. The van der Waals surface area contributed by atoms with Crippen LogP contribution in [0.25, 0.3) is 11.2 Å². The van der Waals surface area contributed by atoms with E-state index in [4.69, 9.17) is 17.0 Å². The zero-order valence-corrected chi connectivity index (χ0v) is 20.1. The normalized spacial score (nSPS) is 10.9. The summed E-state index contributed by atoms with van der Waals surface area (Å²) in [7, 11) is 1.56. The van der Waals surface area contributed by atoms with Gasteiger partial charge < -0.3 is 14.6 Å². The lowest BCUT2D eigenvalue weighted by atomic mass is 10.2. The highest BCUT2D eigenvalue weighted by atomic mass is 32.1. The van der Waals surface area contributed by atoms with Crippen molar-refractivity contribution in [3.63, 3.8) is 0 Å². The van der Waals surface area contributed by atoms with Crippen LogP contribution in [0.1, 0.15) is 25.3 Å². The fourth-order valence-corrected chi connectivity index (χ4v) is 3.53. The summed E-state index contributed by atoms with van der Waals surface area (Å²) < 4.78 is 9.05. The van der Waals surface area contributed by atoms with Gasteiger partial charge in [0.15, 0.2) is 16.3 Å². The Morgan fingerprint density at radius 2 is 1.91 bits per heavy atom. The van der Waals surface area contributed by atoms with Gasteiger partial charge in [0.1, 0.15) is 6.54 Å². The van der Waals surface area contributed by atoms with Crippen molar-refractivity contribution in [3.05, 3.63) is 63.1 Å². The highest BCUT2D eigenvalue weighted by Crippen LogP contribution is 2.09. The van der Waals surface area contributed by atoms with Crippen LogP contribution < -0.4 is 27.4 Å². The van der Waals surface area contributed by atoms with Crippen molar-refractivity contribution in [2.24, 2.45) is 0 Å². The maximum atomic E-state index is 13.3. The molecule has 3 aromatic rings. The fraction of sp³-hybridized carbons (Fsp3) is 0.409. The minimum absolute atomic E-state index is 0.197. The SMILES string of the molecule is CCCCNC(=S)NNC(=O)Cn1c(=O)c2c(ncn2CCOC)n(Cc2ccccc2)c1=O. The minimum Gasteiger partial charge on any atom is -0.383 e. The Balaban J connectivity index is 1.92. The van der Waals surface area contributed by atoms with E-state index in [1.807, 2.05) is 30.3 Å². The molecule has 0 aliphatic heterocycles. The third-order valence-corrected chi connectivity index (χ3v) is 5.38. The lowest BCUT2D eigenvalue weighted by molar-refractivity contribution is -0.122. The van der Waals surface area contributed by atoms with E-state index in [9.17, 15) is 14.4 Å². The Hall–Kier alpha value is -3.51. The number of nitrogens with one attached hydrogen (secondary N) is 3. The summed E-state index contributed by atoms with van der Waals surface area (Å²) in [5.41, 5.74) is 5.13. The molecule has 1 amide bonds. The van der Waals surface area contributed by atoms with E-state index in [0.29, 0.717) is 19.7 Å². The van der Waals surface area contributed by atoms with E-state index in [1.165, 1.54) is 10.9 Å². The second-order valence-corrected chi connectivity index (χ2v) is 8.04. The second-order valence-electron chi connectivity index (χ2n) is 7.63. The van der Waals surface area contributed by atoms with Crippen LogP contribution in [0.5, 0.6) is 0 Å². The molecule has 34 heavy (non-hydrogen) atoms. The first-order valence-corrected chi connectivity index (χ1v) is 11.4. The topological polar surface area (TPSA) is 124 Å². The Bertz CT molecular complexity index is 1250. The van der Waals surface area contributed by atoms with E-state index in [0.717, 1.165) is 23.0 Å². The van der Waals surface area contributed by atoms with Gasteiger partial charge in [-0.3, -0.25) is 25.0 Å². The van der Waals surface area contributed by atoms with Crippen LogP contribution in [0.2, 0.25) is 0 Å². The zero-order valence-electron chi connectivity index (χ0n) is 19.2. The summed E-state index contributed by atoms with van der Waals surface area (Å²) in [6.07, 6.45) is 3.44. The van der Waals surface area contributed by atoms with Crippen molar-refractivity contribution in [1.82, 2.24) is 34.9 Å². The van der Waals surface area contributed by atoms with E-state index in [1.54, 1.807) is 11.7 Å². The van der Waals surface area contributed by atoms with Crippen LogP contribution in [0, 0.1) is 0 Å². The molecule has 0 unspecified atom stereocenters. The van der Waals surface area contributed by atoms with Crippen LogP contribution in [-0.4, -0.2) is 50.0 Å². The zero-order chi connectivity index (χ0) is 24.5. The smallest absolute Gasteiger partial charge is 0.333 e. The Morgan fingerprint density at radius 3 is 2.62 bits per heavy atom. The highest BCUT2D eigenvalue weighted by molar-refractivity contribution is 7.80. The maximum Gasteiger partial charge on any atom is 0.333 e. The molecule has 0 atom stereocenters. The summed E-state index contributed by atoms with van der Waals surface area (Å²) in [5, 5.41) is 3.21. The molecule has 11 nitrogen and oxygen atoms in total. The molecule has 3 N–H and O–H groups in total. The van der Waals surface area contributed by atoms with Crippen molar-refractivity contribution >= 4 is 34.4 Å². The number of fused-ring (bicyclic) bond motifs is 1. The highest BCUT2D eigenvalue weighted by Gasteiger charge is 2.20. The number of unbranched alkanes of at least 4 members (excludes halogenated alkanes) is 1. The largest absolute Gasteiger partial charge is 0.383 e. The molecule has 0 saturated heterocycles. The van der Waals surface area contributed by atoms with Gasteiger partial charge in [0, 0.05) is 20.2 Å². The molecule has 0 radical (unpaired) electrons. The average Bonchev–Trinajstić information content (AvgIpc) is 3.26. The van der Waals surface area contributed by atoms with E-state index >= 15 is 0 Å². The van der Waals surface area contributed by atoms with Gasteiger partial charge in [-0.2, -0.15) is 0 Å². The number of hydrogen-bond acceptors (Lipinski definition) is 6. The van der Waals surface area contributed by atoms with Crippen LogP contribution in [0.15, 0.2) is 46.2 Å². The molecule has 182 valence electrons. The number of benzene rings is 1. The van der Waals surface area contributed by atoms with Gasteiger partial charge in [-0.1, -0.05) is 43.7 Å². The molecule has 0 fully saturated rings. The summed E-state index contributed by atoms with van der Waals surface area (Å²) in [5.74, 6) is -0.590. The number of methoxy groups -OCH3 is 1. The second kappa shape index (κ2) is 12.1. The Morgan fingerprint density at radius 1 is 1.15 bits per heavy atom. The monoisotopic (exact) mass is 487 g/mol. The molecule has 1 aromatic carbocycles. The minimum atomic E-state index is -0.628. The maximum absolute atomic E-state index is 13.3. The number of carbonyl (C=O) groups is 1. The number of hydrogen-bond donors (Lipinski definition) is 3. The first-order valence-electron chi connectivity index (χ1n) is 11.0. The average molecular weight is 488 g/mol. The molecular weight excluding hydrogens is 458 g/mol. The number of thiocarbonyl (C=S) groups is 1. The van der Waals surface area contributed by atoms with Crippen molar-refractivity contribution in [3.8, 4) is 0 Å². The summed E-state index contributed by atoms with van der Waals surface area (Å²) in [6.45, 7) is 3.17. The molecule has 2 aromatic heterocycles. The number of ether oxygens (including phenoxy) is 1. The fourth-order valence-electron chi connectivity index (χ4n) is 3.38. The summed E-state index contributed by atoms with van der Waals surface area (Å²) >= 11 is 5.11. The first-order chi connectivity index (χ1) is 16.5. The predicted octanol–water partition coefficient (Wildman–Crippen LogP) is 0.350. The van der Waals surface area contributed by atoms with Gasteiger partial charge in [-0.15, -0.1) is 0 Å². The molecule has 0 aliphatic carbocycles. The molecule has 12 heteroatoms. The van der Waals surface area contributed by atoms with Crippen molar-refractivity contribution in [1.29, 1.82) is 0 Å². The van der Waals surface area contributed by atoms with E-state index in [2.05, 4.69) is 28.1 Å². The van der Waals surface area contributed by atoms with Gasteiger partial charge in [0.05, 0.1) is 19.5 Å². The number of amides is 1. The first kappa shape index (κ1) is 25.1. The van der Waals surface area contributed by atoms with E-state index in [-0.39, 0.29) is 22.8 Å². The lowest BCUT2D eigenvalue weighted by Gasteiger charge is -2.14. The third kappa shape index (κ3) is 6.08. The number of nitrogens with zero attached hydrogens (tertiary/aromatic N) is 4. The van der Waals surface area contributed by atoms with Gasteiger partial charge in [0.2, 0.25) is 0 Å². The molecule has 0 aliphatic rings. The number of hydrazine groups is 1. The van der Waals surface area contributed by atoms with Crippen LogP contribution in [0.3, 0.4) is 0 Å². The number of aromatic nitrogens is 4. The summed E-state index contributed by atoms with van der Waals surface area (Å²) in [4.78, 5) is 43.4. The standard InChI is InChI=1S/C22H29N7O4S/c1-3-4-10-23-21(34)26-25-17(30)14-29-20(31)18-19(24-15-27(18)11-12-33-2)28(22(29)32)13-16-8-6-5-7-9-16/h5-9,15H,3-4,10-14H2,1-2H3,(H,25,30)(H2,23,26,34). The Labute approximate surface area is 201 Å². The van der Waals surface area contributed by atoms with Gasteiger partial charge >= 0.3 is 5.69 Å². The molecular formula is C22H29N7O4S. The number of carbonyl (C=O) groups excluding carboxylic acids is 1. The van der Waals surface area contributed by atoms with Crippen molar-refractivity contribution in [2.75, 3.05) is 20.3 Å². The van der Waals surface area contributed by atoms with E-state index < -0.39 is 23.7 Å². The molecule has 0 bridgehead atoms. The van der Waals surface area contributed by atoms with Crippen molar-refractivity contribution in [2.45, 2.75) is 39.4 Å².